The third-order valence-electron chi connectivity index (χ3n) is 5.43. The number of hydrogen-bond donors (Lipinski definition) is 1. The lowest BCUT2D eigenvalue weighted by Gasteiger charge is -2.37. The van der Waals surface area contributed by atoms with Crippen LogP contribution in [-0.2, 0) is 7.05 Å². The summed E-state index contributed by atoms with van der Waals surface area (Å²) in [4.78, 5) is 16.4. The maximum absolute atomic E-state index is 13.8. The third kappa shape index (κ3) is 4.25. The molecule has 0 unspecified atom stereocenters. The SMILES string of the molecule is CN1CC[C@@H](c2cccc(F)c2)[C@H](NC(=O)c2cc(Cl)c(-c3c(Cl)cnn3C)s2)C1. The zero-order chi connectivity index (χ0) is 21.4. The molecule has 4 rings (SSSR count). The fourth-order valence-corrected chi connectivity index (χ4v) is 5.68. The standard InChI is InChI=1S/C21H21Cl2FN4OS/c1-27-7-6-14(12-4-3-5-13(24)8-12)17(11-27)26-21(29)18-9-15(22)20(30-18)19-16(23)10-25-28(19)2/h3-5,8-10,14,17H,6-7,11H2,1-2H3,(H,26,29)/t14-,17+/m0/s1. The molecule has 1 fully saturated rings. The maximum Gasteiger partial charge on any atom is 0.261 e. The van der Waals surface area contributed by atoms with Crippen molar-refractivity contribution in [1.82, 2.24) is 20.0 Å². The summed E-state index contributed by atoms with van der Waals surface area (Å²) in [5.41, 5.74) is 1.58. The van der Waals surface area contributed by atoms with Gasteiger partial charge in [0.15, 0.2) is 0 Å². The van der Waals surface area contributed by atoms with E-state index >= 15 is 0 Å². The smallest absolute Gasteiger partial charge is 0.261 e. The zero-order valence-electron chi connectivity index (χ0n) is 16.5. The van der Waals surface area contributed by atoms with Gasteiger partial charge in [-0.25, -0.2) is 4.39 Å². The Morgan fingerprint density at radius 3 is 2.77 bits per heavy atom. The molecule has 0 saturated carbocycles. The number of benzene rings is 1. The Morgan fingerprint density at radius 1 is 1.27 bits per heavy atom. The summed E-state index contributed by atoms with van der Waals surface area (Å²) < 4.78 is 15.4. The minimum atomic E-state index is -0.265. The lowest BCUT2D eigenvalue weighted by molar-refractivity contribution is 0.0904. The predicted octanol–water partition coefficient (Wildman–Crippen LogP) is 4.81. The molecule has 3 aromatic rings. The summed E-state index contributed by atoms with van der Waals surface area (Å²) in [6.07, 6.45) is 2.39. The van der Waals surface area contributed by atoms with Gasteiger partial charge in [-0.3, -0.25) is 9.48 Å². The number of aryl methyl sites for hydroxylation is 1. The summed E-state index contributed by atoms with van der Waals surface area (Å²) in [6, 6.07) is 8.14. The minimum Gasteiger partial charge on any atom is -0.347 e. The Kier molecular flexibility index (Phi) is 6.16. The highest BCUT2D eigenvalue weighted by molar-refractivity contribution is 7.18. The molecule has 2 aromatic heterocycles. The summed E-state index contributed by atoms with van der Waals surface area (Å²) in [6.45, 7) is 1.58. The van der Waals surface area contributed by atoms with Crippen molar-refractivity contribution in [2.45, 2.75) is 18.4 Å². The fourth-order valence-electron chi connectivity index (χ4n) is 3.95. The van der Waals surface area contributed by atoms with Gasteiger partial charge in [-0.2, -0.15) is 5.10 Å². The van der Waals surface area contributed by atoms with Crippen molar-refractivity contribution in [2.24, 2.45) is 7.05 Å². The van der Waals surface area contributed by atoms with Crippen LogP contribution in [0.25, 0.3) is 10.6 Å². The first-order valence-electron chi connectivity index (χ1n) is 9.55. The van der Waals surface area contributed by atoms with Gasteiger partial charge in [0.05, 0.1) is 31.7 Å². The van der Waals surface area contributed by atoms with E-state index in [2.05, 4.69) is 15.3 Å². The minimum absolute atomic E-state index is 0.0438. The first-order chi connectivity index (χ1) is 14.3. The van der Waals surface area contributed by atoms with Gasteiger partial charge < -0.3 is 10.2 Å². The molecule has 0 aliphatic carbocycles. The molecule has 30 heavy (non-hydrogen) atoms. The topological polar surface area (TPSA) is 50.2 Å². The third-order valence-corrected chi connectivity index (χ3v) is 7.26. The van der Waals surface area contributed by atoms with Gasteiger partial charge in [0, 0.05) is 25.6 Å². The van der Waals surface area contributed by atoms with E-state index in [1.807, 2.05) is 13.1 Å². The highest BCUT2D eigenvalue weighted by Gasteiger charge is 2.31. The first-order valence-corrected chi connectivity index (χ1v) is 11.1. The quantitative estimate of drug-likeness (QED) is 0.599. The number of hydrogen-bond acceptors (Lipinski definition) is 4. The Hall–Kier alpha value is -1.93. The second kappa shape index (κ2) is 8.67. The van der Waals surface area contributed by atoms with Crippen LogP contribution in [0.4, 0.5) is 4.39 Å². The number of aromatic nitrogens is 2. The van der Waals surface area contributed by atoms with Crippen LogP contribution in [0, 0.1) is 5.82 Å². The molecule has 0 spiro atoms. The molecule has 1 saturated heterocycles. The average Bonchev–Trinajstić information content (AvgIpc) is 3.23. The first kappa shape index (κ1) is 21.3. The van der Waals surface area contributed by atoms with Gasteiger partial charge in [-0.05, 0) is 43.8 Å². The second-order valence-corrected chi connectivity index (χ2v) is 9.41. The number of carbonyl (C=O) groups excluding carboxylic acids is 1. The van der Waals surface area contributed by atoms with Crippen LogP contribution in [0.1, 0.15) is 27.6 Å². The van der Waals surface area contributed by atoms with Gasteiger partial charge >= 0.3 is 0 Å². The molecule has 0 bridgehead atoms. The highest BCUT2D eigenvalue weighted by Crippen LogP contribution is 2.39. The molecular formula is C21H21Cl2FN4OS. The number of amides is 1. The van der Waals surface area contributed by atoms with Gasteiger partial charge in [-0.15, -0.1) is 11.3 Å². The molecule has 3 heterocycles. The highest BCUT2D eigenvalue weighted by atomic mass is 35.5. The van der Waals surface area contributed by atoms with E-state index in [0.717, 1.165) is 18.5 Å². The summed E-state index contributed by atoms with van der Waals surface area (Å²) in [5, 5.41) is 8.21. The van der Waals surface area contributed by atoms with Crippen molar-refractivity contribution in [3.8, 4) is 10.6 Å². The van der Waals surface area contributed by atoms with Crippen LogP contribution < -0.4 is 5.32 Å². The number of nitrogens with zero attached hydrogens (tertiary/aromatic N) is 3. The van der Waals surface area contributed by atoms with Crippen LogP contribution in [0.15, 0.2) is 36.5 Å². The Labute approximate surface area is 188 Å². The lowest BCUT2D eigenvalue weighted by Crippen LogP contribution is -2.50. The summed E-state index contributed by atoms with van der Waals surface area (Å²) in [5.74, 6) is -0.422. The van der Waals surface area contributed by atoms with Crippen molar-refractivity contribution in [2.75, 3.05) is 20.1 Å². The molecule has 9 heteroatoms. The van der Waals surface area contributed by atoms with E-state index < -0.39 is 0 Å². The number of nitrogens with one attached hydrogen (secondary N) is 1. The Morgan fingerprint density at radius 2 is 2.07 bits per heavy atom. The van der Waals surface area contributed by atoms with Gasteiger partial charge in [0.1, 0.15) is 5.82 Å². The number of rotatable bonds is 4. The van der Waals surface area contributed by atoms with E-state index in [1.165, 1.54) is 17.4 Å². The van der Waals surface area contributed by atoms with Crippen molar-refractivity contribution in [3.05, 3.63) is 62.8 Å². The molecule has 1 aromatic carbocycles. The molecule has 1 aliphatic heterocycles. The summed E-state index contributed by atoms with van der Waals surface area (Å²) in [7, 11) is 3.80. The normalized spacial score (nSPS) is 19.8. The number of piperidine rings is 1. The summed E-state index contributed by atoms with van der Waals surface area (Å²) >= 11 is 13.9. The molecule has 5 nitrogen and oxygen atoms in total. The van der Waals surface area contributed by atoms with E-state index in [1.54, 1.807) is 36.1 Å². The van der Waals surface area contributed by atoms with Crippen LogP contribution in [0.3, 0.4) is 0 Å². The fraction of sp³-hybridized carbons (Fsp3) is 0.333. The molecule has 1 aliphatic rings. The van der Waals surface area contributed by atoms with E-state index in [4.69, 9.17) is 23.2 Å². The van der Waals surface area contributed by atoms with Crippen molar-refractivity contribution >= 4 is 40.4 Å². The van der Waals surface area contributed by atoms with Crippen LogP contribution >= 0.6 is 34.5 Å². The van der Waals surface area contributed by atoms with Crippen LogP contribution in [-0.4, -0.2) is 46.8 Å². The van der Waals surface area contributed by atoms with Crippen molar-refractivity contribution in [3.63, 3.8) is 0 Å². The molecule has 1 N–H and O–H groups in total. The van der Waals surface area contributed by atoms with Crippen molar-refractivity contribution in [1.29, 1.82) is 0 Å². The predicted molar refractivity (Wildman–Crippen MR) is 119 cm³/mol. The maximum atomic E-state index is 13.8. The van der Waals surface area contributed by atoms with Gasteiger partial charge in [-0.1, -0.05) is 35.3 Å². The van der Waals surface area contributed by atoms with Gasteiger partial charge in [0.25, 0.3) is 5.91 Å². The molecule has 0 radical (unpaired) electrons. The second-order valence-electron chi connectivity index (χ2n) is 7.54. The van der Waals surface area contributed by atoms with Crippen LogP contribution in [0.2, 0.25) is 10.0 Å². The molecular weight excluding hydrogens is 446 g/mol. The van der Waals surface area contributed by atoms with Gasteiger partial charge in [0.2, 0.25) is 0 Å². The number of carbonyl (C=O) groups is 1. The largest absolute Gasteiger partial charge is 0.347 e. The number of thiophene rings is 1. The monoisotopic (exact) mass is 466 g/mol. The van der Waals surface area contributed by atoms with E-state index in [-0.39, 0.29) is 23.7 Å². The van der Waals surface area contributed by atoms with Crippen molar-refractivity contribution < 1.29 is 9.18 Å². The van der Waals surface area contributed by atoms with Crippen LogP contribution in [0.5, 0.6) is 0 Å². The van der Waals surface area contributed by atoms with E-state index in [9.17, 15) is 9.18 Å². The number of halogens is 3. The molecule has 1 amide bonds. The number of likely N-dealkylation sites (tertiary alicyclic amines) is 1. The molecule has 2 atom stereocenters. The van der Waals surface area contributed by atoms with E-state index in [0.29, 0.717) is 32.0 Å². The Bertz CT molecular complexity index is 1060. The molecule has 158 valence electrons. The Balaban J connectivity index is 1.58. The lowest BCUT2D eigenvalue weighted by atomic mass is 9.85. The number of likely N-dealkylation sites (N-methyl/N-ethyl adjacent to an activating group) is 1. The average molecular weight is 467 g/mol. The zero-order valence-corrected chi connectivity index (χ0v) is 18.9.